The van der Waals surface area contributed by atoms with Gasteiger partial charge in [-0.25, -0.2) is 9.78 Å². The summed E-state index contributed by atoms with van der Waals surface area (Å²) in [6, 6.07) is 1.86. The molecule has 0 bridgehead atoms. The molecule has 2 aromatic heterocycles. The Hall–Kier alpha value is -2.17. The molecule has 1 aliphatic heterocycles. The SMILES string of the molecule is CCOC(=O)CCCCCN(C(=O)OC(C)(C)C)c1cc2nc(Cl)nc(N3CCOCC3)c2s1. The lowest BCUT2D eigenvalue weighted by atomic mass is 10.2. The van der Waals surface area contributed by atoms with E-state index in [-0.39, 0.29) is 11.3 Å². The third-order valence-electron chi connectivity index (χ3n) is 5.07. The van der Waals surface area contributed by atoms with Crippen molar-refractivity contribution in [2.45, 2.75) is 59.0 Å². The molecule has 1 fully saturated rings. The molecule has 1 aliphatic rings. The monoisotopic (exact) mass is 512 g/mol. The number of carbonyl (C=O) groups is 2. The van der Waals surface area contributed by atoms with Crippen LogP contribution in [0, 0.1) is 0 Å². The second-order valence-electron chi connectivity index (χ2n) is 8.96. The smallest absolute Gasteiger partial charge is 0.415 e. The number of aromatic nitrogens is 2. The van der Waals surface area contributed by atoms with Gasteiger partial charge in [0.05, 0.1) is 30.0 Å². The standard InChI is InChI=1S/C23H33ClN4O5S/c1-5-32-18(29)9-7-6-8-10-28(22(30)33-23(2,3)4)17-15-16-19(34-17)20(26-21(24)25-16)27-11-13-31-14-12-27/h15H,5-14H2,1-4H3. The molecule has 0 aliphatic carbocycles. The second-order valence-corrected chi connectivity index (χ2v) is 10.3. The molecule has 3 rings (SSSR count). The number of nitrogens with zero attached hydrogens (tertiary/aromatic N) is 4. The molecule has 0 N–H and O–H groups in total. The van der Waals surface area contributed by atoms with Crippen molar-refractivity contribution in [3.63, 3.8) is 0 Å². The third kappa shape index (κ3) is 7.41. The maximum atomic E-state index is 13.1. The van der Waals surface area contributed by atoms with Crippen molar-refractivity contribution < 1.29 is 23.8 Å². The first-order chi connectivity index (χ1) is 16.2. The van der Waals surface area contributed by atoms with Gasteiger partial charge in [-0.2, -0.15) is 4.98 Å². The number of anilines is 2. The van der Waals surface area contributed by atoms with Crippen LogP contribution in [0.2, 0.25) is 5.28 Å². The van der Waals surface area contributed by atoms with Crippen molar-refractivity contribution >= 4 is 56.0 Å². The van der Waals surface area contributed by atoms with Gasteiger partial charge in [-0.3, -0.25) is 9.69 Å². The number of unbranched alkanes of at least 4 members (excludes halogenated alkanes) is 2. The Bertz CT molecular complexity index is 988. The Labute approximate surface area is 209 Å². The fraction of sp³-hybridized carbons (Fsp3) is 0.652. The number of hydrogen-bond donors (Lipinski definition) is 0. The van der Waals surface area contributed by atoms with Crippen molar-refractivity contribution in [3.8, 4) is 0 Å². The number of fused-ring (bicyclic) bond motifs is 1. The van der Waals surface area contributed by atoms with Crippen LogP contribution in [-0.2, 0) is 19.0 Å². The molecule has 0 atom stereocenters. The molecule has 0 radical (unpaired) electrons. The number of carbonyl (C=O) groups excluding carboxylic acids is 2. The molecule has 9 nitrogen and oxygen atoms in total. The fourth-order valence-corrected chi connectivity index (χ4v) is 4.86. The lowest BCUT2D eigenvalue weighted by Gasteiger charge is -2.28. The minimum Gasteiger partial charge on any atom is -0.466 e. The Morgan fingerprint density at radius 3 is 2.62 bits per heavy atom. The third-order valence-corrected chi connectivity index (χ3v) is 6.38. The Balaban J connectivity index is 1.80. The lowest BCUT2D eigenvalue weighted by molar-refractivity contribution is -0.143. The number of ether oxygens (including phenoxy) is 3. The highest BCUT2D eigenvalue weighted by Gasteiger charge is 2.26. The van der Waals surface area contributed by atoms with Crippen LogP contribution in [-0.4, -0.2) is 67.1 Å². The van der Waals surface area contributed by atoms with Crippen LogP contribution in [0.25, 0.3) is 10.2 Å². The van der Waals surface area contributed by atoms with E-state index >= 15 is 0 Å². The number of hydrogen-bond acceptors (Lipinski definition) is 9. The highest BCUT2D eigenvalue weighted by Crippen LogP contribution is 2.38. The molecule has 1 amide bonds. The summed E-state index contributed by atoms with van der Waals surface area (Å²) >= 11 is 7.68. The highest BCUT2D eigenvalue weighted by atomic mass is 35.5. The summed E-state index contributed by atoms with van der Waals surface area (Å²) in [5.74, 6) is 0.565. The van der Waals surface area contributed by atoms with Gasteiger partial charge < -0.3 is 19.1 Å². The fourth-order valence-electron chi connectivity index (χ4n) is 3.55. The molecule has 2 aromatic rings. The minimum atomic E-state index is -0.627. The van der Waals surface area contributed by atoms with Gasteiger partial charge in [0.25, 0.3) is 0 Å². The van der Waals surface area contributed by atoms with Crippen LogP contribution < -0.4 is 9.80 Å². The number of amides is 1. The van der Waals surface area contributed by atoms with E-state index in [1.165, 1.54) is 11.3 Å². The van der Waals surface area contributed by atoms with Crippen LogP contribution in [0.1, 0.15) is 53.4 Å². The van der Waals surface area contributed by atoms with E-state index in [9.17, 15) is 9.59 Å². The number of thiophene rings is 1. The van der Waals surface area contributed by atoms with Gasteiger partial charge in [-0.05, 0) is 58.2 Å². The number of morpholine rings is 1. The summed E-state index contributed by atoms with van der Waals surface area (Å²) in [6.45, 7) is 10.8. The van der Waals surface area contributed by atoms with Gasteiger partial charge in [-0.1, -0.05) is 6.42 Å². The molecule has 0 spiro atoms. The molecule has 188 valence electrons. The first kappa shape index (κ1) is 26.4. The maximum absolute atomic E-state index is 13.1. The van der Waals surface area contributed by atoms with E-state index in [0.717, 1.165) is 28.4 Å². The van der Waals surface area contributed by atoms with Crippen molar-refractivity contribution in [2.24, 2.45) is 0 Å². The number of rotatable bonds is 9. The summed E-state index contributed by atoms with van der Waals surface area (Å²) in [5.41, 5.74) is 0.0650. The van der Waals surface area contributed by atoms with Crippen LogP contribution in [0.4, 0.5) is 15.6 Å². The Morgan fingerprint density at radius 2 is 1.94 bits per heavy atom. The molecular weight excluding hydrogens is 480 g/mol. The minimum absolute atomic E-state index is 0.168. The van der Waals surface area contributed by atoms with E-state index in [1.54, 1.807) is 11.8 Å². The predicted molar refractivity (Wildman–Crippen MR) is 134 cm³/mol. The first-order valence-electron chi connectivity index (χ1n) is 11.6. The normalized spacial score (nSPS) is 14.3. The summed E-state index contributed by atoms with van der Waals surface area (Å²) < 4.78 is 17.0. The maximum Gasteiger partial charge on any atom is 0.415 e. The lowest BCUT2D eigenvalue weighted by Crippen LogP contribution is -2.37. The Kier molecular flexibility index (Phi) is 9.32. The molecule has 1 saturated heterocycles. The molecule has 34 heavy (non-hydrogen) atoms. The summed E-state index contributed by atoms with van der Waals surface area (Å²) in [7, 11) is 0. The zero-order valence-electron chi connectivity index (χ0n) is 20.3. The highest BCUT2D eigenvalue weighted by molar-refractivity contribution is 7.23. The topological polar surface area (TPSA) is 94.1 Å². The predicted octanol–water partition coefficient (Wildman–Crippen LogP) is 5.05. The zero-order valence-corrected chi connectivity index (χ0v) is 21.8. The summed E-state index contributed by atoms with van der Waals surface area (Å²) in [5, 5.41) is 0.891. The van der Waals surface area contributed by atoms with E-state index in [2.05, 4.69) is 14.9 Å². The quantitative estimate of drug-likeness (QED) is 0.262. The second kappa shape index (κ2) is 12.0. The average molecular weight is 513 g/mol. The molecule has 0 unspecified atom stereocenters. The van der Waals surface area contributed by atoms with Crippen molar-refractivity contribution in [2.75, 3.05) is 49.3 Å². The van der Waals surface area contributed by atoms with Crippen LogP contribution in [0.3, 0.4) is 0 Å². The van der Waals surface area contributed by atoms with Gasteiger partial charge in [0.1, 0.15) is 10.6 Å². The van der Waals surface area contributed by atoms with Crippen LogP contribution in [0.5, 0.6) is 0 Å². The van der Waals surface area contributed by atoms with E-state index in [1.807, 2.05) is 26.8 Å². The van der Waals surface area contributed by atoms with Crippen molar-refractivity contribution in [3.05, 3.63) is 11.3 Å². The van der Waals surface area contributed by atoms with Crippen LogP contribution >= 0.6 is 22.9 Å². The average Bonchev–Trinajstić information content (AvgIpc) is 3.18. The van der Waals surface area contributed by atoms with Gasteiger partial charge in [0, 0.05) is 26.1 Å². The van der Waals surface area contributed by atoms with Crippen molar-refractivity contribution in [1.29, 1.82) is 0 Å². The van der Waals surface area contributed by atoms with Crippen molar-refractivity contribution in [1.82, 2.24) is 9.97 Å². The van der Waals surface area contributed by atoms with E-state index < -0.39 is 11.7 Å². The van der Waals surface area contributed by atoms with Gasteiger partial charge >= 0.3 is 12.1 Å². The first-order valence-corrected chi connectivity index (χ1v) is 12.8. The molecule has 3 heterocycles. The number of esters is 1. The largest absolute Gasteiger partial charge is 0.466 e. The molecule has 0 aromatic carbocycles. The molecular formula is C23H33ClN4O5S. The zero-order chi connectivity index (χ0) is 24.7. The summed E-state index contributed by atoms with van der Waals surface area (Å²) in [4.78, 5) is 37.3. The molecule has 0 saturated carbocycles. The summed E-state index contributed by atoms with van der Waals surface area (Å²) in [6.07, 6.45) is 2.16. The van der Waals surface area contributed by atoms with Gasteiger partial charge in [0.2, 0.25) is 5.28 Å². The van der Waals surface area contributed by atoms with Crippen LogP contribution in [0.15, 0.2) is 6.07 Å². The van der Waals surface area contributed by atoms with Gasteiger partial charge in [0.15, 0.2) is 5.82 Å². The Morgan fingerprint density at radius 1 is 1.21 bits per heavy atom. The van der Waals surface area contributed by atoms with Gasteiger partial charge in [-0.15, -0.1) is 11.3 Å². The van der Waals surface area contributed by atoms with E-state index in [0.29, 0.717) is 57.8 Å². The molecule has 11 heteroatoms. The number of halogens is 1. The van der Waals surface area contributed by atoms with E-state index in [4.69, 9.17) is 25.8 Å².